The minimum absolute atomic E-state index is 0.264. The molecule has 0 aliphatic rings. The van der Waals surface area contributed by atoms with Crippen molar-refractivity contribution in [2.45, 2.75) is 6.54 Å². The third-order valence-corrected chi connectivity index (χ3v) is 3.71. The predicted molar refractivity (Wildman–Crippen MR) is 86.1 cm³/mol. The molecule has 2 aromatic heterocycles. The van der Waals surface area contributed by atoms with E-state index in [1.165, 1.54) is 0 Å². The molecule has 3 rings (SSSR count). The Balaban J connectivity index is 1.93. The molecular formula is C15H13BrN4O. The van der Waals surface area contributed by atoms with Crippen LogP contribution in [0.15, 0.2) is 47.2 Å². The van der Waals surface area contributed by atoms with Crippen LogP contribution in [0.1, 0.15) is 16.1 Å². The minimum atomic E-state index is -0.264. The summed E-state index contributed by atoms with van der Waals surface area (Å²) in [6, 6.07) is 9.39. The molecule has 106 valence electrons. The van der Waals surface area contributed by atoms with Crippen molar-refractivity contribution in [2.24, 2.45) is 5.73 Å². The Morgan fingerprint density at radius 2 is 2.24 bits per heavy atom. The monoisotopic (exact) mass is 344 g/mol. The van der Waals surface area contributed by atoms with E-state index in [0.717, 1.165) is 26.6 Å². The van der Waals surface area contributed by atoms with Gasteiger partial charge in [0.05, 0.1) is 5.69 Å². The van der Waals surface area contributed by atoms with Gasteiger partial charge < -0.3 is 16.0 Å². The number of nitrogens with one attached hydrogen (secondary N) is 2. The van der Waals surface area contributed by atoms with Crippen LogP contribution in [0.5, 0.6) is 0 Å². The van der Waals surface area contributed by atoms with Gasteiger partial charge in [0.15, 0.2) is 0 Å². The summed E-state index contributed by atoms with van der Waals surface area (Å²) in [5.74, 6) is -0.264. The number of fused-ring (bicyclic) bond motifs is 1. The number of hydrogen-bond acceptors (Lipinski definition) is 3. The normalized spacial score (nSPS) is 10.8. The van der Waals surface area contributed by atoms with Crippen molar-refractivity contribution in [3.63, 3.8) is 0 Å². The lowest BCUT2D eigenvalue weighted by Gasteiger charge is -2.07. The number of benzene rings is 1. The van der Waals surface area contributed by atoms with Gasteiger partial charge in [-0.15, -0.1) is 0 Å². The summed E-state index contributed by atoms with van der Waals surface area (Å²) in [6.45, 7) is 0.275. The predicted octanol–water partition coefficient (Wildman–Crippen LogP) is 3.04. The number of nitrogens with zero attached hydrogens (tertiary/aromatic N) is 1. The fraction of sp³-hybridized carbons (Fsp3) is 0.0667. The van der Waals surface area contributed by atoms with Crippen LogP contribution in [0, 0.1) is 0 Å². The molecule has 5 nitrogen and oxygen atoms in total. The van der Waals surface area contributed by atoms with E-state index >= 15 is 0 Å². The zero-order valence-corrected chi connectivity index (χ0v) is 12.6. The van der Waals surface area contributed by atoms with Gasteiger partial charge in [0.25, 0.3) is 5.91 Å². The number of carbonyl (C=O) groups excluding carboxylic acids is 1. The lowest BCUT2D eigenvalue weighted by Crippen LogP contribution is -2.17. The molecule has 0 aliphatic heterocycles. The number of aromatic nitrogens is 2. The summed E-state index contributed by atoms with van der Waals surface area (Å²) in [6.07, 6.45) is 3.35. The second kappa shape index (κ2) is 5.67. The molecule has 1 aromatic carbocycles. The third kappa shape index (κ3) is 2.68. The van der Waals surface area contributed by atoms with Crippen molar-refractivity contribution in [2.75, 3.05) is 5.32 Å². The van der Waals surface area contributed by atoms with Gasteiger partial charge in [-0.2, -0.15) is 0 Å². The summed E-state index contributed by atoms with van der Waals surface area (Å²) in [5, 5.41) is 3.81. The quantitative estimate of drug-likeness (QED) is 0.682. The molecule has 0 fully saturated rings. The number of nitrogens with two attached hydrogens (primary N) is 1. The number of H-pyrrole nitrogens is 1. The molecule has 1 amide bonds. The van der Waals surface area contributed by atoms with Gasteiger partial charge in [-0.3, -0.25) is 9.78 Å². The third-order valence-electron chi connectivity index (χ3n) is 3.22. The Kier molecular flexibility index (Phi) is 3.72. The molecular weight excluding hydrogens is 332 g/mol. The van der Waals surface area contributed by atoms with Crippen LogP contribution < -0.4 is 11.1 Å². The van der Waals surface area contributed by atoms with Gasteiger partial charge in [0.1, 0.15) is 5.69 Å². The number of hydrogen-bond donors (Lipinski definition) is 3. The number of amides is 1. The molecule has 0 spiro atoms. The van der Waals surface area contributed by atoms with Crippen molar-refractivity contribution < 1.29 is 4.79 Å². The molecule has 0 bridgehead atoms. The lowest BCUT2D eigenvalue weighted by molar-refractivity contribution is 0.102. The molecule has 0 atom stereocenters. The molecule has 0 saturated carbocycles. The van der Waals surface area contributed by atoms with Crippen LogP contribution in [0.3, 0.4) is 0 Å². The number of rotatable bonds is 3. The highest BCUT2D eigenvalue weighted by atomic mass is 79.9. The maximum absolute atomic E-state index is 12.4. The number of halogens is 1. The van der Waals surface area contributed by atoms with E-state index in [4.69, 9.17) is 5.73 Å². The maximum atomic E-state index is 12.4. The largest absolute Gasteiger partial charge is 0.359 e. The van der Waals surface area contributed by atoms with Crippen LogP contribution in [0.2, 0.25) is 0 Å². The molecule has 21 heavy (non-hydrogen) atoms. The first-order valence-electron chi connectivity index (χ1n) is 6.41. The number of anilines is 1. The Morgan fingerprint density at radius 1 is 1.38 bits per heavy atom. The van der Waals surface area contributed by atoms with Gasteiger partial charge in [0, 0.05) is 34.3 Å². The Labute approximate surface area is 129 Å². The zero-order chi connectivity index (χ0) is 14.8. The average molecular weight is 345 g/mol. The molecule has 0 radical (unpaired) electrons. The van der Waals surface area contributed by atoms with E-state index in [9.17, 15) is 4.79 Å². The summed E-state index contributed by atoms with van der Waals surface area (Å²) < 4.78 is 0.977. The first kappa shape index (κ1) is 13.8. The van der Waals surface area contributed by atoms with Gasteiger partial charge in [0.2, 0.25) is 0 Å². The summed E-state index contributed by atoms with van der Waals surface area (Å²) in [4.78, 5) is 19.6. The highest BCUT2D eigenvalue weighted by molar-refractivity contribution is 9.10. The van der Waals surface area contributed by atoms with E-state index in [-0.39, 0.29) is 12.5 Å². The molecule has 0 unspecified atom stereocenters. The van der Waals surface area contributed by atoms with E-state index in [1.54, 1.807) is 24.5 Å². The molecule has 0 aliphatic carbocycles. The van der Waals surface area contributed by atoms with Gasteiger partial charge in [-0.05, 0) is 29.8 Å². The van der Waals surface area contributed by atoms with Crippen molar-refractivity contribution in [3.8, 4) is 0 Å². The first-order chi connectivity index (χ1) is 10.2. The van der Waals surface area contributed by atoms with Crippen LogP contribution >= 0.6 is 15.9 Å². The molecule has 4 N–H and O–H groups in total. The Bertz CT molecular complexity index is 812. The van der Waals surface area contributed by atoms with Crippen molar-refractivity contribution in [1.29, 1.82) is 0 Å². The smallest absolute Gasteiger partial charge is 0.274 e. The number of aromatic amines is 1. The topological polar surface area (TPSA) is 83.8 Å². The van der Waals surface area contributed by atoms with Gasteiger partial charge in [-0.1, -0.05) is 22.0 Å². The Morgan fingerprint density at radius 3 is 3.05 bits per heavy atom. The highest BCUT2D eigenvalue weighted by Gasteiger charge is 2.14. The molecule has 0 saturated heterocycles. The van der Waals surface area contributed by atoms with Crippen LogP contribution in [0.25, 0.3) is 10.9 Å². The van der Waals surface area contributed by atoms with Crippen molar-refractivity contribution in [3.05, 3.63) is 58.5 Å². The second-order valence-corrected chi connectivity index (χ2v) is 5.48. The van der Waals surface area contributed by atoms with Crippen molar-refractivity contribution in [1.82, 2.24) is 9.97 Å². The highest BCUT2D eigenvalue weighted by Crippen LogP contribution is 2.26. The van der Waals surface area contributed by atoms with Crippen molar-refractivity contribution >= 4 is 38.4 Å². The number of carbonyl (C=O) groups is 1. The average Bonchev–Trinajstić information content (AvgIpc) is 2.89. The summed E-state index contributed by atoms with van der Waals surface area (Å²) in [7, 11) is 0. The van der Waals surface area contributed by atoms with Crippen LogP contribution in [-0.2, 0) is 6.54 Å². The van der Waals surface area contributed by atoms with E-state index < -0.39 is 0 Å². The lowest BCUT2D eigenvalue weighted by atomic mass is 10.1. The number of pyridine rings is 1. The summed E-state index contributed by atoms with van der Waals surface area (Å²) >= 11 is 3.42. The van der Waals surface area contributed by atoms with Crippen LogP contribution in [0.4, 0.5) is 5.69 Å². The van der Waals surface area contributed by atoms with E-state index in [1.807, 2.05) is 18.2 Å². The second-order valence-electron chi connectivity index (χ2n) is 4.56. The standard InChI is InChI=1S/C15H13BrN4O/c16-10-3-4-11-12(6-10)19-8-13(11)20-15(21)14-9(7-17)2-1-5-18-14/h1-6,8,19H,7,17H2,(H,20,21). The first-order valence-corrected chi connectivity index (χ1v) is 7.20. The van der Waals surface area contributed by atoms with Gasteiger partial charge in [-0.25, -0.2) is 0 Å². The SMILES string of the molecule is NCc1cccnc1C(=O)Nc1c[nH]c2cc(Br)ccc12. The fourth-order valence-electron chi connectivity index (χ4n) is 2.19. The van der Waals surface area contributed by atoms with Crippen LogP contribution in [-0.4, -0.2) is 15.9 Å². The zero-order valence-electron chi connectivity index (χ0n) is 11.1. The Hall–Kier alpha value is -2.18. The van der Waals surface area contributed by atoms with E-state index in [2.05, 4.69) is 31.2 Å². The molecule has 3 aromatic rings. The maximum Gasteiger partial charge on any atom is 0.274 e. The van der Waals surface area contributed by atoms with Gasteiger partial charge >= 0.3 is 0 Å². The minimum Gasteiger partial charge on any atom is -0.359 e. The molecule has 6 heteroatoms. The fourth-order valence-corrected chi connectivity index (χ4v) is 2.55. The summed E-state index contributed by atoms with van der Waals surface area (Å²) in [5.41, 5.74) is 8.37. The van der Waals surface area contributed by atoms with E-state index in [0.29, 0.717) is 5.69 Å². The molecule has 2 heterocycles.